The topological polar surface area (TPSA) is 160 Å². The molecule has 64 heavy (non-hydrogen) atoms. The molecule has 3 fully saturated rings. The van der Waals surface area contributed by atoms with Crippen LogP contribution in [0.3, 0.4) is 0 Å². The first-order valence-corrected chi connectivity index (χ1v) is 23.7. The first kappa shape index (κ1) is 42.6. The normalized spacial score (nSPS) is 24.3. The number of esters is 1. The maximum Gasteiger partial charge on any atom is 0.324 e. The van der Waals surface area contributed by atoms with Crippen molar-refractivity contribution in [3.63, 3.8) is 0 Å². The largest absolute Gasteiger partial charge is 0.464 e. The maximum atomic E-state index is 14.4. The van der Waals surface area contributed by atoms with Crippen LogP contribution in [-0.2, 0) is 49.7 Å². The number of methoxy groups -OCH3 is 1. The lowest BCUT2D eigenvalue weighted by Gasteiger charge is -2.35. The van der Waals surface area contributed by atoms with E-state index in [4.69, 9.17) is 19.4 Å². The van der Waals surface area contributed by atoms with Gasteiger partial charge < -0.3 is 29.2 Å². The van der Waals surface area contributed by atoms with Gasteiger partial charge in [-0.05, 0) is 87.9 Å². The summed E-state index contributed by atoms with van der Waals surface area (Å²) >= 11 is 1.49. The van der Waals surface area contributed by atoms with Crippen LogP contribution in [0.15, 0.2) is 48.2 Å². The van der Waals surface area contributed by atoms with Gasteiger partial charge in [0.1, 0.15) is 17.9 Å². The molecule has 1 aliphatic carbocycles. The molecule has 15 nitrogen and oxygen atoms in total. The third-order valence-corrected chi connectivity index (χ3v) is 14.7. The first-order valence-electron chi connectivity index (χ1n) is 22.9. The van der Waals surface area contributed by atoms with Crippen LogP contribution in [0.4, 0.5) is 5.69 Å². The minimum Gasteiger partial charge on any atom is -0.464 e. The summed E-state index contributed by atoms with van der Waals surface area (Å²) in [5, 5.41) is 8.55. The smallest absolute Gasteiger partial charge is 0.324 e. The van der Waals surface area contributed by atoms with Gasteiger partial charge >= 0.3 is 5.97 Å². The first-order chi connectivity index (χ1) is 30.9. The third kappa shape index (κ3) is 8.29. The zero-order valence-corrected chi connectivity index (χ0v) is 38.2. The lowest BCUT2D eigenvalue weighted by molar-refractivity contribution is -0.155. The molecule has 0 radical (unpaired) electrons. The molecule has 0 spiro atoms. The van der Waals surface area contributed by atoms with Crippen LogP contribution in [-0.4, -0.2) is 118 Å². The number of rotatable bonds is 7. The Labute approximate surface area is 377 Å². The van der Waals surface area contributed by atoms with Gasteiger partial charge in [-0.3, -0.25) is 24.4 Å². The lowest BCUT2D eigenvalue weighted by atomic mass is 9.84. The van der Waals surface area contributed by atoms with Crippen LogP contribution in [0.1, 0.15) is 86.1 Å². The maximum absolute atomic E-state index is 14.4. The van der Waals surface area contributed by atoms with Crippen LogP contribution in [0.25, 0.3) is 33.4 Å². The van der Waals surface area contributed by atoms with Gasteiger partial charge in [0.15, 0.2) is 0 Å². The zero-order chi connectivity index (χ0) is 44.3. The molecule has 2 amide bonds. The molecule has 10 rings (SSSR count). The highest BCUT2D eigenvalue weighted by molar-refractivity contribution is 7.10. The molecule has 0 unspecified atom stereocenters. The molecule has 5 atom stereocenters. The van der Waals surface area contributed by atoms with Crippen molar-refractivity contribution < 1.29 is 23.9 Å². The summed E-state index contributed by atoms with van der Waals surface area (Å²) in [6.07, 6.45) is 9.61. The number of piperazine rings is 1. The lowest BCUT2D eigenvalue weighted by Crippen LogP contribution is -2.60. The number of hydrogen-bond acceptors (Lipinski definition) is 13. The number of ether oxygens (including phenoxy) is 2. The van der Waals surface area contributed by atoms with Gasteiger partial charge in [0.25, 0.3) is 5.91 Å². The van der Waals surface area contributed by atoms with E-state index in [-0.39, 0.29) is 42.8 Å². The number of fused-ring (bicyclic) bond motifs is 6. The van der Waals surface area contributed by atoms with Gasteiger partial charge in [-0.1, -0.05) is 13.8 Å². The number of cyclic esters (lactones) is 1. The van der Waals surface area contributed by atoms with Crippen molar-refractivity contribution in [2.45, 2.75) is 96.4 Å². The van der Waals surface area contributed by atoms with Gasteiger partial charge in [-0.15, -0.1) is 11.3 Å². The van der Waals surface area contributed by atoms with Gasteiger partial charge in [-0.2, -0.15) is 0 Å². The van der Waals surface area contributed by atoms with Crippen molar-refractivity contribution in [1.29, 1.82) is 0 Å². The highest BCUT2D eigenvalue weighted by Gasteiger charge is 2.47. The Morgan fingerprint density at radius 1 is 1.05 bits per heavy atom. The summed E-state index contributed by atoms with van der Waals surface area (Å²) in [5.41, 5.74) is 12.4. The molecule has 336 valence electrons. The average molecular weight is 887 g/mol. The minimum atomic E-state index is -0.907. The van der Waals surface area contributed by atoms with Crippen LogP contribution in [0.5, 0.6) is 0 Å². The average Bonchev–Trinajstić information content (AvgIpc) is 3.89. The SMILES string of the molecule is CO[C@@H](C)c1ncc(N2CCN(C)CC2)cc1-c1c2c3cc(cc4c3n1CCC4)-c1csc(n1)C[C@H](NC(=O)[C@H]1C[C@@H]1c1ncccn1)C(=O)N1CCC[C@H](N1)C(=O)OCC(C)(C)C2. The summed E-state index contributed by atoms with van der Waals surface area (Å²) < 4.78 is 14.7. The highest BCUT2D eigenvalue weighted by Crippen LogP contribution is 2.47. The van der Waals surface area contributed by atoms with Crippen molar-refractivity contribution in [1.82, 2.24) is 45.2 Å². The predicted molar refractivity (Wildman–Crippen MR) is 245 cm³/mol. The van der Waals surface area contributed by atoms with E-state index in [9.17, 15) is 14.4 Å². The van der Waals surface area contributed by atoms with E-state index in [1.54, 1.807) is 25.6 Å². The second kappa shape index (κ2) is 17.3. The Hall–Kier alpha value is -5.29. The Bertz CT molecular complexity index is 2590. The number of hydrogen-bond donors (Lipinski definition) is 2. The Kier molecular flexibility index (Phi) is 11.5. The fourth-order valence-corrected chi connectivity index (χ4v) is 11.0. The fourth-order valence-electron chi connectivity index (χ4n) is 10.1. The van der Waals surface area contributed by atoms with E-state index in [0.717, 1.165) is 89.9 Å². The van der Waals surface area contributed by atoms with Crippen LogP contribution < -0.4 is 15.6 Å². The molecular weight excluding hydrogens is 829 g/mol. The van der Waals surface area contributed by atoms with E-state index < -0.39 is 23.5 Å². The summed E-state index contributed by atoms with van der Waals surface area (Å²) in [6.45, 7) is 11.6. The number of thiazole rings is 1. The van der Waals surface area contributed by atoms with Crippen molar-refractivity contribution in [3.05, 3.63) is 75.9 Å². The van der Waals surface area contributed by atoms with Gasteiger partial charge in [0.05, 0.1) is 52.2 Å². The molecule has 8 heterocycles. The summed E-state index contributed by atoms with van der Waals surface area (Å²) in [7, 11) is 3.91. The molecule has 2 N–H and O–H groups in total. The van der Waals surface area contributed by atoms with Gasteiger partial charge in [0, 0.05) is 104 Å². The number of hydrazine groups is 1. The molecule has 1 aromatic carbocycles. The van der Waals surface area contributed by atoms with Crippen LogP contribution in [0.2, 0.25) is 0 Å². The molecule has 6 bridgehead atoms. The van der Waals surface area contributed by atoms with Crippen molar-refractivity contribution in [2.75, 3.05) is 58.4 Å². The molecule has 4 aromatic heterocycles. The number of carbonyl (C=O) groups is 3. The van der Waals surface area contributed by atoms with Crippen LogP contribution in [0, 0.1) is 11.3 Å². The number of aromatic nitrogens is 5. The van der Waals surface area contributed by atoms with Crippen molar-refractivity contribution in [2.24, 2.45) is 11.3 Å². The van der Waals surface area contributed by atoms with E-state index in [1.165, 1.54) is 33.0 Å². The standard InChI is InChI=1S/C48H58N10O5S/c1-28(62-5)41-35(21-31(25-51-41)56-17-15-55(4)16-18-56)43-36-24-48(2,3)27-63-47(61)37-10-7-14-58(54-37)46(60)38(53-45(59)34-22-33(34)44-49-11-8-12-50-44)23-40-52-39(26-64-40)30-19-29-9-6-13-57(43)42(29)32(36)20-30/h8,11-12,19-21,25-26,28,33-34,37-38,54H,6-7,9-10,13-18,22-24,27H2,1-5H3,(H,53,59)/t28-,33-,34-,37-,38-/m0/s1. The van der Waals surface area contributed by atoms with E-state index in [0.29, 0.717) is 38.1 Å². The van der Waals surface area contributed by atoms with E-state index in [2.05, 4.69) is 86.5 Å². The molecule has 4 aliphatic heterocycles. The number of likely N-dealkylation sites (N-methyl/N-ethyl adjacent to an activating group) is 1. The number of aryl methyl sites for hydroxylation is 2. The predicted octanol–water partition coefficient (Wildman–Crippen LogP) is 5.47. The van der Waals surface area contributed by atoms with Gasteiger partial charge in [0.2, 0.25) is 5.91 Å². The van der Waals surface area contributed by atoms with Crippen LogP contribution >= 0.6 is 11.3 Å². The summed E-state index contributed by atoms with van der Waals surface area (Å²) in [5.74, 6) is -0.713. The Balaban J connectivity index is 1.08. The molecule has 2 saturated heterocycles. The molecular formula is C48H58N10O5S. The number of amides is 2. The van der Waals surface area contributed by atoms with E-state index >= 15 is 0 Å². The molecule has 16 heteroatoms. The number of anilines is 1. The van der Waals surface area contributed by atoms with Gasteiger partial charge in [-0.25, -0.2) is 20.4 Å². The molecule has 5 aliphatic rings. The third-order valence-electron chi connectivity index (χ3n) is 13.8. The number of carbonyl (C=O) groups excluding carboxylic acids is 3. The number of pyridine rings is 1. The van der Waals surface area contributed by atoms with Crippen molar-refractivity contribution in [3.8, 4) is 22.5 Å². The number of benzene rings is 1. The second-order valence-corrected chi connectivity index (χ2v) is 20.1. The van der Waals surface area contributed by atoms with E-state index in [1.807, 2.05) is 6.20 Å². The molecule has 1 saturated carbocycles. The fraction of sp³-hybridized carbons (Fsp3) is 0.521. The van der Waals surface area contributed by atoms with Crippen molar-refractivity contribution >= 4 is 45.7 Å². The monoisotopic (exact) mass is 886 g/mol. The number of nitrogens with one attached hydrogen (secondary N) is 2. The second-order valence-electron chi connectivity index (χ2n) is 19.1. The Morgan fingerprint density at radius 2 is 1.86 bits per heavy atom. The number of nitrogens with zero attached hydrogens (tertiary/aromatic N) is 8. The molecule has 5 aromatic rings. The Morgan fingerprint density at radius 3 is 2.66 bits per heavy atom. The minimum absolute atomic E-state index is 0.0955. The highest BCUT2D eigenvalue weighted by atomic mass is 32.1. The quantitative estimate of drug-likeness (QED) is 0.199. The summed E-state index contributed by atoms with van der Waals surface area (Å²) in [4.78, 5) is 66.1. The summed E-state index contributed by atoms with van der Waals surface area (Å²) in [6, 6.07) is 7.03. The zero-order valence-electron chi connectivity index (χ0n) is 37.4.